The lowest BCUT2D eigenvalue weighted by atomic mass is 9.92. The van der Waals surface area contributed by atoms with Gasteiger partial charge in [0.05, 0.1) is 31.7 Å². The summed E-state index contributed by atoms with van der Waals surface area (Å²) in [4.78, 5) is 23.0. The Morgan fingerprint density at radius 1 is 1.15 bits per heavy atom. The number of aliphatic carboxylic acids is 1. The summed E-state index contributed by atoms with van der Waals surface area (Å²) in [6.45, 7) is 7.39. The number of para-hydroxylation sites is 1. The van der Waals surface area contributed by atoms with E-state index >= 15 is 0 Å². The van der Waals surface area contributed by atoms with E-state index in [0.29, 0.717) is 25.7 Å². The van der Waals surface area contributed by atoms with Gasteiger partial charge in [-0.15, -0.1) is 0 Å². The van der Waals surface area contributed by atoms with Gasteiger partial charge in [0.2, 0.25) is 5.88 Å². The Labute approximate surface area is 242 Å². The van der Waals surface area contributed by atoms with Gasteiger partial charge in [-0.2, -0.15) is 18.2 Å². The number of anilines is 2. The summed E-state index contributed by atoms with van der Waals surface area (Å²) in [7, 11) is 0. The normalized spacial score (nSPS) is 14.3. The Hall–Kier alpha value is -3.41. The smallest absolute Gasteiger partial charge is 0.490 e. The number of benzene rings is 2. The molecule has 0 amide bonds. The number of hydrogen-bond donors (Lipinski definition) is 3. The molecule has 0 fully saturated rings. The van der Waals surface area contributed by atoms with Gasteiger partial charge in [-0.05, 0) is 53.5 Å². The number of rotatable bonds is 5. The van der Waals surface area contributed by atoms with Gasteiger partial charge in [-0.25, -0.2) is 4.79 Å². The first kappa shape index (κ1) is 31.1. The molecule has 2 aromatic carbocycles. The number of aliphatic imine (C=N–C) groups is 1. The Morgan fingerprint density at radius 2 is 1.80 bits per heavy atom. The molecule has 7 nitrogen and oxygen atoms in total. The topological polar surface area (TPSA) is 107 Å². The molecule has 2 heterocycles. The zero-order chi connectivity index (χ0) is 29.7. The van der Waals surface area contributed by atoms with Crippen molar-refractivity contribution in [1.82, 2.24) is 4.98 Å². The van der Waals surface area contributed by atoms with Crippen molar-refractivity contribution in [3.05, 3.63) is 79.7 Å². The fourth-order valence-corrected chi connectivity index (χ4v) is 4.55. The highest BCUT2D eigenvalue weighted by Gasteiger charge is 2.38. The van der Waals surface area contributed by atoms with E-state index in [4.69, 9.17) is 38.1 Å². The molecule has 0 saturated heterocycles. The number of aromatic nitrogens is 1. The van der Waals surface area contributed by atoms with Gasteiger partial charge in [0.1, 0.15) is 0 Å². The number of carboxylic acid groups (broad SMARTS) is 1. The van der Waals surface area contributed by atoms with E-state index in [2.05, 4.69) is 36.1 Å². The van der Waals surface area contributed by atoms with Crippen LogP contribution < -0.4 is 15.9 Å². The minimum atomic E-state index is -5.08. The van der Waals surface area contributed by atoms with Crippen LogP contribution in [-0.2, 0) is 4.79 Å². The first-order valence-corrected chi connectivity index (χ1v) is 13.3. The highest BCUT2D eigenvalue weighted by Crippen LogP contribution is 2.36. The molecule has 0 radical (unpaired) electrons. The molecule has 212 valence electrons. The number of carbonyl (C=O) groups is 1. The van der Waals surface area contributed by atoms with Crippen LogP contribution in [0.3, 0.4) is 0 Å². The monoisotopic (exact) mass is 612 g/mol. The summed E-state index contributed by atoms with van der Waals surface area (Å²) in [6, 6.07) is 11.2. The van der Waals surface area contributed by atoms with Crippen LogP contribution >= 0.6 is 34.5 Å². The summed E-state index contributed by atoms with van der Waals surface area (Å²) < 4.78 is 31.7. The summed E-state index contributed by atoms with van der Waals surface area (Å²) in [5.74, 6) is -2.82. The Kier molecular flexibility index (Phi) is 9.99. The highest BCUT2D eigenvalue weighted by atomic mass is 35.5. The van der Waals surface area contributed by atoms with Gasteiger partial charge in [0.15, 0.2) is 5.13 Å². The van der Waals surface area contributed by atoms with Crippen molar-refractivity contribution in [2.24, 2.45) is 15.4 Å². The van der Waals surface area contributed by atoms with Gasteiger partial charge in [0, 0.05) is 18.3 Å². The maximum absolute atomic E-state index is 10.6. The SMILES string of the molecule is CC(C)(C)CCN=C1C=CN=c2ccc(=Cc3sc(Nc4c(Cl)cccc4Cl)nc3O)cc21.O=C(O)C(F)(F)F. The molecule has 4 rings (SSSR count). The quantitative estimate of drug-likeness (QED) is 0.296. The standard InChI is InChI=1S/C25H24Cl2N4OS.C2HF3O2/c1-25(2,3)10-12-29-20-9-11-28-19-8-7-15(13-16(19)20)14-21-23(32)31-24(33-21)30-22-17(26)5-4-6-18(22)27;3-2(4,5)1(6)7/h4-9,11,13-14,32H,10,12H2,1-3H3,(H,30,31);(H,6,7). The van der Waals surface area contributed by atoms with Crippen LogP contribution in [0.25, 0.3) is 6.08 Å². The van der Waals surface area contributed by atoms with Crippen LogP contribution in [0.2, 0.25) is 10.0 Å². The first-order valence-electron chi connectivity index (χ1n) is 11.8. The zero-order valence-electron chi connectivity index (χ0n) is 21.6. The van der Waals surface area contributed by atoms with Crippen molar-refractivity contribution >= 4 is 63.1 Å². The van der Waals surface area contributed by atoms with Gasteiger partial charge in [0.25, 0.3) is 0 Å². The molecule has 0 atom stereocenters. The summed E-state index contributed by atoms with van der Waals surface area (Å²) >= 11 is 13.8. The maximum atomic E-state index is 10.6. The van der Waals surface area contributed by atoms with Gasteiger partial charge in [-0.1, -0.05) is 67.4 Å². The van der Waals surface area contributed by atoms with E-state index in [9.17, 15) is 18.3 Å². The number of allylic oxidation sites excluding steroid dienone is 1. The number of aromatic hydroxyl groups is 1. The molecular formula is C27H25Cl2F3N4O3S. The molecule has 0 bridgehead atoms. The molecule has 3 aromatic rings. The third-order valence-corrected chi connectivity index (χ3v) is 6.79. The van der Waals surface area contributed by atoms with Crippen LogP contribution in [-0.4, -0.2) is 39.6 Å². The number of thiazole rings is 1. The summed E-state index contributed by atoms with van der Waals surface area (Å²) in [5.41, 5.74) is 2.68. The third kappa shape index (κ3) is 8.80. The van der Waals surface area contributed by atoms with Crippen LogP contribution in [0.15, 0.2) is 58.7 Å². The predicted octanol–water partition coefficient (Wildman–Crippen LogP) is 6.73. The lowest BCUT2D eigenvalue weighted by molar-refractivity contribution is -0.192. The van der Waals surface area contributed by atoms with E-state index in [1.54, 1.807) is 24.4 Å². The van der Waals surface area contributed by atoms with Crippen molar-refractivity contribution in [1.29, 1.82) is 0 Å². The minimum absolute atomic E-state index is 0.0629. The van der Waals surface area contributed by atoms with Crippen molar-refractivity contribution in [3.8, 4) is 5.88 Å². The molecule has 3 N–H and O–H groups in total. The van der Waals surface area contributed by atoms with Crippen LogP contribution in [0.1, 0.15) is 37.6 Å². The molecule has 1 aliphatic rings. The maximum Gasteiger partial charge on any atom is 0.490 e. The number of carboxylic acids is 1. The number of fused-ring (bicyclic) bond motifs is 1. The lowest BCUT2D eigenvalue weighted by Gasteiger charge is -2.16. The van der Waals surface area contributed by atoms with Crippen molar-refractivity contribution < 1.29 is 28.2 Å². The molecule has 0 spiro atoms. The van der Waals surface area contributed by atoms with Crippen molar-refractivity contribution in [2.45, 2.75) is 33.4 Å². The molecule has 1 aromatic heterocycles. The molecular weight excluding hydrogens is 588 g/mol. The molecule has 0 unspecified atom stereocenters. The number of nitrogens with one attached hydrogen (secondary N) is 1. The fraction of sp³-hybridized carbons (Fsp3) is 0.259. The van der Waals surface area contributed by atoms with Crippen LogP contribution in [0.4, 0.5) is 24.0 Å². The molecule has 40 heavy (non-hydrogen) atoms. The van der Waals surface area contributed by atoms with Crippen LogP contribution in [0.5, 0.6) is 5.88 Å². The van der Waals surface area contributed by atoms with E-state index in [1.165, 1.54) is 11.3 Å². The average Bonchev–Trinajstić information content (AvgIpc) is 3.19. The Morgan fingerprint density at radius 3 is 2.40 bits per heavy atom. The summed E-state index contributed by atoms with van der Waals surface area (Å²) in [5, 5.41) is 23.9. The summed E-state index contributed by atoms with van der Waals surface area (Å²) in [6.07, 6.45) is 1.53. The predicted molar refractivity (Wildman–Crippen MR) is 153 cm³/mol. The number of nitrogens with zero attached hydrogens (tertiary/aromatic N) is 3. The fourth-order valence-electron chi connectivity index (χ4n) is 3.24. The second kappa shape index (κ2) is 12.8. The second-order valence-corrected chi connectivity index (χ2v) is 11.5. The molecule has 0 aliphatic carbocycles. The third-order valence-electron chi connectivity index (χ3n) is 5.26. The number of halogens is 5. The van der Waals surface area contributed by atoms with Gasteiger partial charge >= 0.3 is 12.1 Å². The largest absolute Gasteiger partial charge is 0.492 e. The van der Waals surface area contributed by atoms with E-state index in [0.717, 1.165) is 34.8 Å². The first-order chi connectivity index (χ1) is 18.6. The zero-order valence-corrected chi connectivity index (χ0v) is 23.9. The Bertz CT molecular complexity index is 1560. The molecule has 13 heteroatoms. The van der Waals surface area contributed by atoms with Crippen LogP contribution in [0, 0.1) is 5.41 Å². The van der Waals surface area contributed by atoms with Gasteiger partial charge in [-0.3, -0.25) is 9.98 Å². The molecule has 1 aliphatic heterocycles. The lowest BCUT2D eigenvalue weighted by Crippen LogP contribution is -2.21. The highest BCUT2D eigenvalue weighted by molar-refractivity contribution is 7.16. The van der Waals surface area contributed by atoms with E-state index < -0.39 is 12.1 Å². The Balaban J connectivity index is 0.000000559. The minimum Gasteiger partial charge on any atom is -0.492 e. The average molecular weight is 613 g/mol. The number of hydrogen-bond acceptors (Lipinski definition) is 7. The van der Waals surface area contributed by atoms with E-state index in [1.807, 2.05) is 30.4 Å². The second-order valence-electron chi connectivity index (χ2n) is 9.67. The number of alkyl halides is 3. The van der Waals surface area contributed by atoms with Gasteiger partial charge < -0.3 is 15.5 Å². The van der Waals surface area contributed by atoms with E-state index in [-0.39, 0.29) is 11.3 Å². The van der Waals surface area contributed by atoms with Crippen molar-refractivity contribution in [2.75, 3.05) is 11.9 Å². The van der Waals surface area contributed by atoms with Crippen molar-refractivity contribution in [3.63, 3.8) is 0 Å². The molecule has 0 saturated carbocycles.